The molecule has 0 radical (unpaired) electrons. The fourth-order valence-corrected chi connectivity index (χ4v) is 1.88. The average molecular weight is 294 g/mol. The van der Waals surface area contributed by atoms with Gasteiger partial charge < -0.3 is 15.2 Å². The molecule has 0 aliphatic carbocycles. The van der Waals surface area contributed by atoms with E-state index < -0.39 is 0 Å². The van der Waals surface area contributed by atoms with Crippen LogP contribution in [0.5, 0.6) is 11.5 Å². The highest BCUT2D eigenvalue weighted by molar-refractivity contribution is 5.85. The van der Waals surface area contributed by atoms with Crippen LogP contribution in [0.3, 0.4) is 0 Å². The number of nitrogens with two attached hydrogens (primary N) is 1. The van der Waals surface area contributed by atoms with E-state index >= 15 is 0 Å². The Kier molecular flexibility index (Phi) is 6.36. The summed E-state index contributed by atoms with van der Waals surface area (Å²) in [4.78, 5) is 0. The molecule has 0 saturated heterocycles. The van der Waals surface area contributed by atoms with Crippen LogP contribution >= 0.6 is 12.4 Å². The van der Waals surface area contributed by atoms with Crippen molar-refractivity contribution in [2.24, 2.45) is 5.73 Å². The molecule has 0 bridgehead atoms. The lowest BCUT2D eigenvalue weighted by molar-refractivity contribution is 0.300. The van der Waals surface area contributed by atoms with Gasteiger partial charge in [-0.25, -0.2) is 0 Å². The van der Waals surface area contributed by atoms with E-state index in [1.54, 1.807) is 7.11 Å². The van der Waals surface area contributed by atoms with Crippen molar-refractivity contribution >= 4 is 12.4 Å². The Morgan fingerprint density at radius 1 is 1.10 bits per heavy atom. The minimum Gasteiger partial charge on any atom is -0.497 e. The molecular formula is C16H20ClNO2. The molecule has 0 spiro atoms. The Hall–Kier alpha value is -1.71. The molecule has 0 saturated carbocycles. The minimum absolute atomic E-state index is 0. The number of ether oxygens (including phenoxy) is 2. The zero-order chi connectivity index (χ0) is 13.7. The Morgan fingerprint density at radius 2 is 1.80 bits per heavy atom. The van der Waals surface area contributed by atoms with Crippen molar-refractivity contribution in [1.82, 2.24) is 0 Å². The lowest BCUT2D eigenvalue weighted by Gasteiger charge is -2.15. The lowest BCUT2D eigenvalue weighted by atomic mass is 10.1. The maximum atomic E-state index is 5.97. The van der Waals surface area contributed by atoms with E-state index in [9.17, 15) is 0 Å². The first-order chi connectivity index (χ1) is 9.20. The number of rotatable bonds is 5. The van der Waals surface area contributed by atoms with Crippen LogP contribution in [0, 0.1) is 0 Å². The average Bonchev–Trinajstić information content (AvgIpc) is 2.46. The van der Waals surface area contributed by atoms with Crippen LogP contribution in [0.4, 0.5) is 0 Å². The summed E-state index contributed by atoms with van der Waals surface area (Å²) in [6.45, 7) is 2.47. The molecule has 0 aromatic heterocycles. The first-order valence-corrected chi connectivity index (χ1v) is 6.31. The van der Waals surface area contributed by atoms with Crippen molar-refractivity contribution in [3.63, 3.8) is 0 Å². The molecule has 20 heavy (non-hydrogen) atoms. The largest absolute Gasteiger partial charge is 0.497 e. The van der Waals surface area contributed by atoms with E-state index in [-0.39, 0.29) is 18.4 Å². The van der Waals surface area contributed by atoms with E-state index in [4.69, 9.17) is 15.2 Å². The second kappa shape index (κ2) is 7.78. The maximum absolute atomic E-state index is 5.97. The van der Waals surface area contributed by atoms with E-state index in [0.29, 0.717) is 6.61 Å². The smallest absolute Gasteiger partial charge is 0.124 e. The summed E-state index contributed by atoms with van der Waals surface area (Å²) in [5.74, 6) is 1.60. The van der Waals surface area contributed by atoms with Crippen molar-refractivity contribution < 1.29 is 9.47 Å². The molecule has 2 aromatic rings. The molecule has 2 rings (SSSR count). The van der Waals surface area contributed by atoms with Crippen LogP contribution in [0.1, 0.15) is 24.1 Å². The highest BCUT2D eigenvalue weighted by atomic mass is 35.5. The van der Waals surface area contributed by atoms with Gasteiger partial charge in [0.1, 0.15) is 18.1 Å². The number of benzene rings is 2. The van der Waals surface area contributed by atoms with Crippen LogP contribution in [0.2, 0.25) is 0 Å². The fourth-order valence-electron chi connectivity index (χ4n) is 1.88. The van der Waals surface area contributed by atoms with Gasteiger partial charge in [0.25, 0.3) is 0 Å². The number of hydrogen-bond donors (Lipinski definition) is 1. The van der Waals surface area contributed by atoms with Crippen molar-refractivity contribution in [3.8, 4) is 11.5 Å². The molecule has 3 nitrogen and oxygen atoms in total. The monoisotopic (exact) mass is 293 g/mol. The zero-order valence-electron chi connectivity index (χ0n) is 11.7. The van der Waals surface area contributed by atoms with Crippen molar-refractivity contribution in [2.75, 3.05) is 7.11 Å². The number of halogens is 1. The predicted octanol–water partition coefficient (Wildman–Crippen LogP) is 3.72. The molecule has 1 unspecified atom stereocenters. The van der Waals surface area contributed by atoms with Gasteiger partial charge in [-0.15, -0.1) is 12.4 Å². The minimum atomic E-state index is -0.0964. The lowest BCUT2D eigenvalue weighted by Crippen LogP contribution is -2.08. The molecule has 4 heteroatoms. The maximum Gasteiger partial charge on any atom is 0.124 e. The number of hydrogen-bond acceptors (Lipinski definition) is 3. The third-order valence-corrected chi connectivity index (χ3v) is 2.94. The van der Waals surface area contributed by atoms with E-state index in [1.807, 2.05) is 55.5 Å². The first kappa shape index (κ1) is 16.3. The van der Waals surface area contributed by atoms with Crippen LogP contribution in [0.25, 0.3) is 0 Å². The highest BCUT2D eigenvalue weighted by Gasteiger charge is 2.10. The molecule has 108 valence electrons. The number of methoxy groups -OCH3 is 1. The normalized spacial score (nSPS) is 11.3. The molecule has 0 heterocycles. The van der Waals surface area contributed by atoms with Crippen LogP contribution in [-0.2, 0) is 6.61 Å². The molecule has 2 N–H and O–H groups in total. The van der Waals surface area contributed by atoms with Gasteiger partial charge in [-0.1, -0.05) is 30.3 Å². The highest BCUT2D eigenvalue weighted by Crippen LogP contribution is 2.28. The zero-order valence-corrected chi connectivity index (χ0v) is 12.5. The van der Waals surface area contributed by atoms with Gasteiger partial charge in [-0.3, -0.25) is 0 Å². The first-order valence-electron chi connectivity index (χ1n) is 6.31. The molecular weight excluding hydrogens is 274 g/mol. The van der Waals surface area contributed by atoms with Gasteiger partial charge in [-0.05, 0) is 30.7 Å². The fraction of sp³-hybridized carbons (Fsp3) is 0.250. The third-order valence-electron chi connectivity index (χ3n) is 2.94. The van der Waals surface area contributed by atoms with Crippen molar-refractivity contribution in [2.45, 2.75) is 19.6 Å². The van der Waals surface area contributed by atoms with Crippen molar-refractivity contribution in [1.29, 1.82) is 0 Å². The predicted molar refractivity (Wildman–Crippen MR) is 83.6 cm³/mol. The van der Waals surface area contributed by atoms with Gasteiger partial charge in [0, 0.05) is 11.6 Å². The van der Waals surface area contributed by atoms with E-state index in [0.717, 1.165) is 22.6 Å². The quantitative estimate of drug-likeness (QED) is 0.914. The Morgan fingerprint density at radius 3 is 2.40 bits per heavy atom. The molecule has 0 aliphatic rings. The summed E-state index contributed by atoms with van der Waals surface area (Å²) in [6.07, 6.45) is 0. The summed E-state index contributed by atoms with van der Waals surface area (Å²) >= 11 is 0. The van der Waals surface area contributed by atoms with E-state index in [2.05, 4.69) is 0 Å². The Labute approximate surface area is 126 Å². The van der Waals surface area contributed by atoms with E-state index in [1.165, 1.54) is 0 Å². The molecule has 1 atom stereocenters. The summed E-state index contributed by atoms with van der Waals surface area (Å²) in [6, 6.07) is 15.7. The summed E-state index contributed by atoms with van der Waals surface area (Å²) in [5, 5.41) is 0. The van der Waals surface area contributed by atoms with Gasteiger partial charge in [0.15, 0.2) is 0 Å². The van der Waals surface area contributed by atoms with Gasteiger partial charge in [0.2, 0.25) is 0 Å². The second-order valence-electron chi connectivity index (χ2n) is 4.47. The molecule has 0 amide bonds. The van der Waals surface area contributed by atoms with Crippen LogP contribution < -0.4 is 15.2 Å². The van der Waals surface area contributed by atoms with Gasteiger partial charge >= 0.3 is 0 Å². The van der Waals surface area contributed by atoms with Crippen molar-refractivity contribution in [3.05, 3.63) is 59.7 Å². The van der Waals surface area contributed by atoms with Gasteiger partial charge in [-0.2, -0.15) is 0 Å². The van der Waals surface area contributed by atoms with Crippen LogP contribution in [-0.4, -0.2) is 7.11 Å². The Bertz CT molecular complexity index is 529. The summed E-state index contributed by atoms with van der Waals surface area (Å²) in [5.41, 5.74) is 8.06. The standard InChI is InChI=1S/C16H19NO2.ClH/c1-12(17)15-10-14(18-2)8-9-16(15)19-11-13-6-4-3-5-7-13;/h3-10,12H,11,17H2,1-2H3;1H. The SMILES string of the molecule is COc1ccc(OCc2ccccc2)c(C(C)N)c1.Cl. The third kappa shape index (κ3) is 4.15. The Balaban J connectivity index is 0.00000200. The van der Waals surface area contributed by atoms with Gasteiger partial charge in [0.05, 0.1) is 7.11 Å². The van der Waals surface area contributed by atoms with Crippen LogP contribution in [0.15, 0.2) is 48.5 Å². The summed E-state index contributed by atoms with van der Waals surface area (Å²) < 4.78 is 11.1. The second-order valence-corrected chi connectivity index (χ2v) is 4.47. The molecule has 0 aliphatic heterocycles. The topological polar surface area (TPSA) is 44.5 Å². The molecule has 0 fully saturated rings. The molecule has 2 aromatic carbocycles. The summed E-state index contributed by atoms with van der Waals surface area (Å²) in [7, 11) is 1.64.